The molecule has 3 aromatic rings. The first-order valence-electron chi connectivity index (χ1n) is 7.49. The third kappa shape index (κ3) is 4.46. The van der Waals surface area contributed by atoms with Gasteiger partial charge in [-0.3, -0.25) is 4.79 Å². The number of thioether (sulfide) groups is 1. The Labute approximate surface area is 148 Å². The molecule has 0 spiro atoms. The smallest absolute Gasteiger partial charge is 0.252 e. The van der Waals surface area contributed by atoms with Gasteiger partial charge in [-0.1, -0.05) is 30.3 Å². The van der Waals surface area contributed by atoms with E-state index in [2.05, 4.69) is 11.4 Å². The van der Waals surface area contributed by atoms with Gasteiger partial charge < -0.3 is 5.32 Å². The maximum absolute atomic E-state index is 13.2. The molecule has 122 valence electrons. The summed E-state index contributed by atoms with van der Waals surface area (Å²) in [6, 6.07) is 17.9. The molecule has 0 aliphatic rings. The molecule has 0 saturated carbocycles. The average molecular weight is 357 g/mol. The zero-order valence-corrected chi connectivity index (χ0v) is 14.5. The SMILES string of the molecule is O=C(NCc1cccc(F)c1)c1ccccc1SCc1cccs1. The van der Waals surface area contributed by atoms with E-state index in [1.165, 1.54) is 17.0 Å². The van der Waals surface area contributed by atoms with Crippen molar-refractivity contribution in [3.05, 3.63) is 87.9 Å². The van der Waals surface area contributed by atoms with Crippen molar-refractivity contribution in [3.63, 3.8) is 0 Å². The minimum atomic E-state index is -0.298. The summed E-state index contributed by atoms with van der Waals surface area (Å²) in [5, 5.41) is 4.91. The number of nitrogens with one attached hydrogen (secondary N) is 1. The Morgan fingerprint density at radius 3 is 2.75 bits per heavy atom. The second kappa shape index (κ2) is 8.13. The van der Waals surface area contributed by atoms with E-state index in [1.54, 1.807) is 35.2 Å². The Bertz CT molecular complexity index is 818. The molecule has 1 amide bonds. The lowest BCUT2D eigenvalue weighted by atomic mass is 10.2. The molecule has 0 atom stereocenters. The average Bonchev–Trinajstić information content (AvgIpc) is 3.12. The van der Waals surface area contributed by atoms with Gasteiger partial charge in [-0.2, -0.15) is 0 Å². The van der Waals surface area contributed by atoms with Crippen LogP contribution < -0.4 is 5.32 Å². The molecule has 1 N–H and O–H groups in total. The number of hydrogen-bond acceptors (Lipinski definition) is 3. The predicted molar refractivity (Wildman–Crippen MR) is 97.9 cm³/mol. The van der Waals surface area contributed by atoms with Crippen LogP contribution >= 0.6 is 23.1 Å². The number of carbonyl (C=O) groups excluding carboxylic acids is 1. The van der Waals surface area contributed by atoms with Gasteiger partial charge in [0.05, 0.1) is 5.56 Å². The Kier molecular flexibility index (Phi) is 5.67. The molecule has 0 fully saturated rings. The molecule has 2 aromatic carbocycles. The second-order valence-electron chi connectivity index (χ2n) is 5.18. The van der Waals surface area contributed by atoms with Crippen LogP contribution in [0.5, 0.6) is 0 Å². The first-order valence-corrected chi connectivity index (χ1v) is 9.36. The quantitative estimate of drug-likeness (QED) is 0.621. The van der Waals surface area contributed by atoms with Gasteiger partial charge in [-0.05, 0) is 41.3 Å². The van der Waals surface area contributed by atoms with Crippen LogP contribution in [-0.2, 0) is 12.3 Å². The topological polar surface area (TPSA) is 29.1 Å². The number of rotatable bonds is 6. The number of carbonyl (C=O) groups is 1. The minimum Gasteiger partial charge on any atom is -0.348 e. The molecule has 0 unspecified atom stereocenters. The van der Waals surface area contributed by atoms with Crippen molar-refractivity contribution < 1.29 is 9.18 Å². The molecule has 24 heavy (non-hydrogen) atoms. The third-order valence-electron chi connectivity index (χ3n) is 3.42. The van der Waals surface area contributed by atoms with E-state index in [4.69, 9.17) is 0 Å². The molecule has 0 radical (unpaired) electrons. The highest BCUT2D eigenvalue weighted by atomic mass is 32.2. The van der Waals surface area contributed by atoms with Crippen molar-refractivity contribution in [2.45, 2.75) is 17.2 Å². The molecule has 5 heteroatoms. The summed E-state index contributed by atoms with van der Waals surface area (Å²) in [6.07, 6.45) is 0. The predicted octanol–water partition coefficient (Wildman–Crippen LogP) is 5.11. The second-order valence-corrected chi connectivity index (χ2v) is 7.23. The molecular formula is C19H16FNOS2. The summed E-state index contributed by atoms with van der Waals surface area (Å²) < 4.78 is 13.2. The zero-order valence-electron chi connectivity index (χ0n) is 12.9. The summed E-state index contributed by atoms with van der Waals surface area (Å²) >= 11 is 3.36. The zero-order chi connectivity index (χ0) is 16.8. The maximum Gasteiger partial charge on any atom is 0.252 e. The standard InChI is InChI=1S/C19H16FNOS2/c20-15-6-3-5-14(11-15)12-21-19(22)17-8-1-2-9-18(17)24-13-16-7-4-10-23-16/h1-11H,12-13H2,(H,21,22). The van der Waals surface area contributed by atoms with Crippen molar-refractivity contribution in [1.82, 2.24) is 5.32 Å². The van der Waals surface area contributed by atoms with Crippen molar-refractivity contribution in [1.29, 1.82) is 0 Å². The molecule has 1 heterocycles. The Morgan fingerprint density at radius 2 is 1.96 bits per heavy atom. The largest absolute Gasteiger partial charge is 0.348 e. The molecule has 0 bridgehead atoms. The number of hydrogen-bond donors (Lipinski definition) is 1. The molecule has 0 aliphatic carbocycles. The first-order chi connectivity index (χ1) is 11.7. The van der Waals surface area contributed by atoms with E-state index >= 15 is 0 Å². The fraction of sp³-hybridized carbons (Fsp3) is 0.105. The van der Waals surface area contributed by atoms with Gasteiger partial charge in [0.15, 0.2) is 0 Å². The van der Waals surface area contributed by atoms with Crippen LogP contribution in [0.15, 0.2) is 70.9 Å². The van der Waals surface area contributed by atoms with E-state index in [0.29, 0.717) is 12.1 Å². The third-order valence-corrected chi connectivity index (χ3v) is 5.61. The van der Waals surface area contributed by atoms with Gasteiger partial charge in [0.1, 0.15) is 5.82 Å². The summed E-state index contributed by atoms with van der Waals surface area (Å²) in [4.78, 5) is 14.7. The molecule has 0 saturated heterocycles. The van der Waals surface area contributed by atoms with E-state index in [0.717, 1.165) is 16.2 Å². The fourth-order valence-corrected chi connectivity index (χ4v) is 4.07. The fourth-order valence-electron chi connectivity index (χ4n) is 2.25. The van der Waals surface area contributed by atoms with Gasteiger partial charge in [0, 0.05) is 22.1 Å². The van der Waals surface area contributed by atoms with E-state index in [-0.39, 0.29) is 11.7 Å². The molecular weight excluding hydrogens is 341 g/mol. The number of halogens is 1. The number of benzene rings is 2. The Balaban J connectivity index is 1.65. The van der Waals surface area contributed by atoms with Gasteiger partial charge in [0.2, 0.25) is 0 Å². The van der Waals surface area contributed by atoms with E-state index < -0.39 is 0 Å². The highest BCUT2D eigenvalue weighted by molar-refractivity contribution is 7.98. The van der Waals surface area contributed by atoms with Crippen molar-refractivity contribution in [2.24, 2.45) is 0 Å². The van der Waals surface area contributed by atoms with Crippen LogP contribution in [0.1, 0.15) is 20.8 Å². The summed E-state index contributed by atoms with van der Waals surface area (Å²) in [5.74, 6) is 0.397. The van der Waals surface area contributed by atoms with Crippen LogP contribution in [0.25, 0.3) is 0 Å². The van der Waals surface area contributed by atoms with Gasteiger partial charge in [-0.15, -0.1) is 23.1 Å². The van der Waals surface area contributed by atoms with Crippen LogP contribution in [-0.4, -0.2) is 5.91 Å². The number of thiophene rings is 1. The van der Waals surface area contributed by atoms with Crippen molar-refractivity contribution in [3.8, 4) is 0 Å². The Hall–Kier alpha value is -2.11. The van der Waals surface area contributed by atoms with E-state index in [1.807, 2.05) is 35.7 Å². The highest BCUT2D eigenvalue weighted by Gasteiger charge is 2.11. The van der Waals surface area contributed by atoms with Gasteiger partial charge in [-0.25, -0.2) is 4.39 Å². The normalized spacial score (nSPS) is 10.5. The maximum atomic E-state index is 13.2. The Morgan fingerprint density at radius 1 is 1.08 bits per heavy atom. The summed E-state index contributed by atoms with van der Waals surface area (Å²) in [6.45, 7) is 0.306. The monoisotopic (exact) mass is 357 g/mol. The van der Waals surface area contributed by atoms with Crippen LogP contribution in [0, 0.1) is 5.82 Å². The van der Waals surface area contributed by atoms with Gasteiger partial charge >= 0.3 is 0 Å². The van der Waals surface area contributed by atoms with Crippen LogP contribution in [0.2, 0.25) is 0 Å². The van der Waals surface area contributed by atoms with Crippen LogP contribution in [0.3, 0.4) is 0 Å². The highest BCUT2D eigenvalue weighted by Crippen LogP contribution is 2.28. The van der Waals surface area contributed by atoms with E-state index in [9.17, 15) is 9.18 Å². The molecule has 3 rings (SSSR count). The lowest BCUT2D eigenvalue weighted by Gasteiger charge is -2.10. The lowest BCUT2D eigenvalue weighted by Crippen LogP contribution is -2.23. The minimum absolute atomic E-state index is 0.145. The molecule has 0 aliphatic heterocycles. The van der Waals surface area contributed by atoms with Crippen LogP contribution in [0.4, 0.5) is 4.39 Å². The summed E-state index contributed by atoms with van der Waals surface area (Å²) in [5.41, 5.74) is 1.39. The number of amides is 1. The van der Waals surface area contributed by atoms with Gasteiger partial charge in [0.25, 0.3) is 5.91 Å². The first kappa shape index (κ1) is 16.7. The van der Waals surface area contributed by atoms with Crippen molar-refractivity contribution >= 4 is 29.0 Å². The lowest BCUT2D eigenvalue weighted by molar-refractivity contribution is 0.0948. The molecule has 2 nitrogen and oxygen atoms in total. The van der Waals surface area contributed by atoms with Crippen molar-refractivity contribution in [2.75, 3.05) is 0 Å². The molecule has 1 aromatic heterocycles. The summed E-state index contributed by atoms with van der Waals surface area (Å²) in [7, 11) is 0.